The topological polar surface area (TPSA) is 124 Å². The number of rotatable bonds is 8. The summed E-state index contributed by atoms with van der Waals surface area (Å²) in [6.07, 6.45) is 2.73. The van der Waals surface area contributed by atoms with Crippen molar-refractivity contribution in [2.75, 3.05) is 13.7 Å². The first kappa shape index (κ1) is 25.6. The SMILES string of the molecule is CCC1=C([C@H](O)CC/C(=C/c2ccc(O)cc2)CC)[C@H](CO)[C@@H]2C(=O)N(C(=O)OC)C(=O)[C@@H]2C1. The summed E-state index contributed by atoms with van der Waals surface area (Å²) in [5.41, 5.74) is 3.52. The molecule has 3 rings (SSSR count). The summed E-state index contributed by atoms with van der Waals surface area (Å²) in [5.74, 6) is -3.46. The minimum Gasteiger partial charge on any atom is -0.508 e. The number of carbonyl (C=O) groups is 3. The van der Waals surface area contributed by atoms with Gasteiger partial charge in [0.05, 0.1) is 31.7 Å². The van der Waals surface area contributed by atoms with Gasteiger partial charge in [-0.05, 0) is 55.4 Å². The van der Waals surface area contributed by atoms with E-state index in [9.17, 15) is 29.7 Å². The molecule has 0 bridgehead atoms. The maximum absolute atomic E-state index is 13.0. The number of methoxy groups -OCH3 is 1. The number of fused-ring (bicyclic) bond motifs is 1. The van der Waals surface area contributed by atoms with Gasteiger partial charge in [0.2, 0.25) is 11.8 Å². The van der Waals surface area contributed by atoms with E-state index in [1.807, 2.05) is 32.1 Å². The molecule has 1 saturated heterocycles. The molecule has 1 aromatic rings. The summed E-state index contributed by atoms with van der Waals surface area (Å²) >= 11 is 0. The van der Waals surface area contributed by atoms with Gasteiger partial charge in [0.15, 0.2) is 0 Å². The fraction of sp³-hybridized carbons (Fsp3) is 0.500. The zero-order chi connectivity index (χ0) is 25.0. The molecule has 1 fully saturated rings. The van der Waals surface area contributed by atoms with Crippen LogP contribution in [0, 0.1) is 17.8 Å². The van der Waals surface area contributed by atoms with E-state index in [0.29, 0.717) is 29.7 Å². The third-order valence-corrected chi connectivity index (χ3v) is 6.98. The molecule has 184 valence electrons. The molecule has 3 amide bonds. The molecule has 1 aliphatic heterocycles. The van der Waals surface area contributed by atoms with E-state index in [1.54, 1.807) is 12.1 Å². The van der Waals surface area contributed by atoms with Crippen molar-refractivity contribution in [3.8, 4) is 5.75 Å². The molecule has 0 aromatic heterocycles. The van der Waals surface area contributed by atoms with Crippen LogP contribution in [0.2, 0.25) is 0 Å². The number of benzene rings is 1. The fourth-order valence-electron chi connectivity index (χ4n) is 5.20. The van der Waals surface area contributed by atoms with Crippen LogP contribution in [-0.4, -0.2) is 57.9 Å². The molecule has 8 nitrogen and oxygen atoms in total. The van der Waals surface area contributed by atoms with Crippen molar-refractivity contribution in [3.05, 3.63) is 46.5 Å². The Balaban J connectivity index is 1.83. The highest BCUT2D eigenvalue weighted by Crippen LogP contribution is 2.47. The Kier molecular flexibility index (Phi) is 8.28. The number of aliphatic hydroxyl groups excluding tert-OH is 2. The van der Waals surface area contributed by atoms with E-state index in [1.165, 1.54) is 0 Å². The van der Waals surface area contributed by atoms with E-state index in [2.05, 4.69) is 4.74 Å². The summed E-state index contributed by atoms with van der Waals surface area (Å²) in [4.78, 5) is 38.4. The van der Waals surface area contributed by atoms with Gasteiger partial charge in [0, 0.05) is 5.92 Å². The van der Waals surface area contributed by atoms with Crippen molar-refractivity contribution in [2.24, 2.45) is 17.8 Å². The molecule has 0 radical (unpaired) electrons. The van der Waals surface area contributed by atoms with Crippen molar-refractivity contribution >= 4 is 24.0 Å². The number of ether oxygens (including phenoxy) is 1. The largest absolute Gasteiger partial charge is 0.508 e. The Morgan fingerprint density at radius 1 is 1.21 bits per heavy atom. The number of aromatic hydroxyl groups is 1. The first-order valence-corrected chi connectivity index (χ1v) is 11.7. The van der Waals surface area contributed by atoms with Crippen molar-refractivity contribution < 1.29 is 34.4 Å². The zero-order valence-electron chi connectivity index (χ0n) is 19.9. The molecule has 2 aliphatic rings. The summed E-state index contributed by atoms with van der Waals surface area (Å²) < 4.78 is 4.61. The van der Waals surface area contributed by atoms with Gasteiger partial charge in [-0.3, -0.25) is 9.59 Å². The Hall–Kier alpha value is -2.97. The number of phenolic OH excluding ortho intramolecular Hbond substituents is 1. The molecule has 4 atom stereocenters. The third kappa shape index (κ3) is 4.93. The second-order valence-electron chi connectivity index (χ2n) is 8.82. The second kappa shape index (κ2) is 11.0. The molecule has 1 aromatic carbocycles. The van der Waals surface area contributed by atoms with Crippen molar-refractivity contribution in [1.82, 2.24) is 4.90 Å². The first-order chi connectivity index (χ1) is 16.3. The highest BCUT2D eigenvalue weighted by molar-refractivity contribution is 6.15. The van der Waals surface area contributed by atoms with Crippen LogP contribution in [0.4, 0.5) is 4.79 Å². The predicted octanol–water partition coefficient (Wildman–Crippen LogP) is 3.41. The summed E-state index contributed by atoms with van der Waals surface area (Å²) in [7, 11) is 1.11. The molecule has 8 heteroatoms. The Morgan fingerprint density at radius 3 is 2.44 bits per heavy atom. The summed E-state index contributed by atoms with van der Waals surface area (Å²) in [5, 5.41) is 30.9. The Bertz CT molecular complexity index is 995. The van der Waals surface area contributed by atoms with Crippen LogP contribution >= 0.6 is 0 Å². The maximum Gasteiger partial charge on any atom is 0.423 e. The molecule has 0 spiro atoms. The van der Waals surface area contributed by atoms with Crippen LogP contribution in [0.3, 0.4) is 0 Å². The minimum atomic E-state index is -1.02. The smallest absolute Gasteiger partial charge is 0.423 e. The van der Waals surface area contributed by atoms with Crippen molar-refractivity contribution in [3.63, 3.8) is 0 Å². The van der Waals surface area contributed by atoms with Gasteiger partial charge in [-0.25, -0.2) is 4.79 Å². The molecular weight excluding hydrogens is 438 g/mol. The number of amides is 3. The second-order valence-corrected chi connectivity index (χ2v) is 8.82. The van der Waals surface area contributed by atoms with E-state index < -0.39 is 48.4 Å². The first-order valence-electron chi connectivity index (χ1n) is 11.7. The van der Waals surface area contributed by atoms with Crippen LogP contribution in [0.25, 0.3) is 6.08 Å². The number of likely N-dealkylation sites (tertiary alicyclic amines) is 1. The Labute approximate surface area is 199 Å². The molecule has 1 aliphatic carbocycles. The quantitative estimate of drug-likeness (QED) is 0.392. The molecule has 0 saturated carbocycles. The van der Waals surface area contributed by atoms with Gasteiger partial charge < -0.3 is 20.1 Å². The fourth-order valence-corrected chi connectivity index (χ4v) is 5.20. The minimum absolute atomic E-state index is 0.195. The van der Waals surface area contributed by atoms with E-state index in [0.717, 1.165) is 30.2 Å². The third-order valence-electron chi connectivity index (χ3n) is 6.98. The number of carbonyl (C=O) groups excluding carboxylic acids is 3. The van der Waals surface area contributed by atoms with E-state index >= 15 is 0 Å². The van der Waals surface area contributed by atoms with Gasteiger partial charge in [-0.1, -0.05) is 43.2 Å². The number of aliphatic hydroxyl groups is 2. The number of phenols is 1. The standard InChI is InChI=1S/C26H33NO7/c1-4-15(12-16-6-9-18(29)10-7-16)8-11-21(30)22-17(5-2)13-19-23(20(22)14-28)25(32)27(24(19)31)26(33)34-3/h6-7,9-10,12,19-21,23,28-30H,4-5,8,11,13-14H2,1-3H3/b15-12+/t19-,20+,21-,23-/m1/s1. The number of imide groups is 3. The van der Waals surface area contributed by atoms with E-state index in [4.69, 9.17) is 0 Å². The van der Waals surface area contributed by atoms with Crippen LogP contribution in [0.1, 0.15) is 51.5 Å². The monoisotopic (exact) mass is 471 g/mol. The zero-order valence-corrected chi connectivity index (χ0v) is 19.9. The van der Waals surface area contributed by atoms with E-state index in [-0.39, 0.29) is 12.2 Å². The molecule has 1 heterocycles. The molecule has 3 N–H and O–H groups in total. The lowest BCUT2D eigenvalue weighted by molar-refractivity contribution is -0.137. The van der Waals surface area contributed by atoms with Crippen molar-refractivity contribution in [1.29, 1.82) is 0 Å². The van der Waals surface area contributed by atoms with Crippen molar-refractivity contribution in [2.45, 2.75) is 52.1 Å². The normalized spacial score (nSPS) is 23.9. The number of allylic oxidation sites excluding steroid dienone is 2. The lowest BCUT2D eigenvalue weighted by Crippen LogP contribution is -2.40. The van der Waals surface area contributed by atoms with Gasteiger partial charge in [0.1, 0.15) is 5.75 Å². The predicted molar refractivity (Wildman–Crippen MR) is 125 cm³/mol. The van der Waals surface area contributed by atoms with Gasteiger partial charge in [-0.2, -0.15) is 4.90 Å². The number of hydrogen-bond acceptors (Lipinski definition) is 7. The van der Waals surface area contributed by atoms with Crippen LogP contribution in [0.15, 0.2) is 41.0 Å². The van der Waals surface area contributed by atoms with Gasteiger partial charge in [-0.15, -0.1) is 0 Å². The van der Waals surface area contributed by atoms with Crippen LogP contribution in [-0.2, 0) is 14.3 Å². The molecule has 0 unspecified atom stereocenters. The maximum atomic E-state index is 13.0. The Morgan fingerprint density at radius 2 is 1.88 bits per heavy atom. The lowest BCUT2D eigenvalue weighted by Gasteiger charge is -2.36. The average Bonchev–Trinajstić information content (AvgIpc) is 3.10. The number of hydrogen-bond donors (Lipinski definition) is 3. The van der Waals surface area contributed by atoms with Gasteiger partial charge in [0.25, 0.3) is 0 Å². The lowest BCUT2D eigenvalue weighted by atomic mass is 9.67. The van der Waals surface area contributed by atoms with Crippen LogP contribution < -0.4 is 0 Å². The van der Waals surface area contributed by atoms with Gasteiger partial charge >= 0.3 is 6.09 Å². The molecular formula is C26H33NO7. The summed E-state index contributed by atoms with van der Waals surface area (Å²) in [6, 6.07) is 6.87. The molecule has 34 heavy (non-hydrogen) atoms. The summed E-state index contributed by atoms with van der Waals surface area (Å²) in [6.45, 7) is 3.54. The number of nitrogens with zero attached hydrogens (tertiary/aromatic N) is 1. The highest BCUT2D eigenvalue weighted by atomic mass is 16.5. The average molecular weight is 472 g/mol. The van der Waals surface area contributed by atoms with Crippen LogP contribution in [0.5, 0.6) is 5.75 Å². The highest BCUT2D eigenvalue weighted by Gasteiger charge is 2.56.